The zero-order valence-electron chi connectivity index (χ0n) is 17.9. The molecule has 0 fully saturated rings. The molecule has 0 spiro atoms. The van der Waals surface area contributed by atoms with Crippen LogP contribution in [-0.2, 0) is 17.8 Å². The molecule has 4 rings (SSSR count). The number of aromatic nitrogens is 1. The molecule has 1 N–H and O–H groups in total. The van der Waals surface area contributed by atoms with Gasteiger partial charge in [-0.25, -0.2) is 5.43 Å². The minimum absolute atomic E-state index is 0.146. The fraction of sp³-hybridized carbons (Fsp3) is 0.154. The largest absolute Gasteiger partial charge is 0.342 e. The Morgan fingerprint density at radius 1 is 1.03 bits per heavy atom. The lowest BCUT2D eigenvalue weighted by Crippen LogP contribution is -2.20. The fourth-order valence-corrected chi connectivity index (χ4v) is 4.09. The normalized spacial score (nSPS) is 11.4. The van der Waals surface area contributed by atoms with Gasteiger partial charge in [-0.1, -0.05) is 71.2 Å². The summed E-state index contributed by atoms with van der Waals surface area (Å²) in [5.74, 6) is -0.146. The first kappa shape index (κ1) is 22.1. The van der Waals surface area contributed by atoms with E-state index in [2.05, 4.69) is 27.2 Å². The van der Waals surface area contributed by atoms with Crippen molar-refractivity contribution in [3.05, 3.63) is 105 Å². The van der Waals surface area contributed by atoms with Crippen LogP contribution in [0.1, 0.15) is 27.8 Å². The first-order valence-corrected chi connectivity index (χ1v) is 11.1. The molecule has 0 aliphatic rings. The summed E-state index contributed by atoms with van der Waals surface area (Å²) in [6.07, 6.45) is 4.00. The van der Waals surface area contributed by atoms with E-state index in [0.29, 0.717) is 23.0 Å². The molecule has 6 heteroatoms. The first-order valence-electron chi connectivity index (χ1n) is 10.3. The number of halogens is 2. The maximum Gasteiger partial charge on any atom is 0.244 e. The second-order valence-corrected chi connectivity index (χ2v) is 8.69. The molecular weight excluding hydrogens is 441 g/mol. The van der Waals surface area contributed by atoms with Crippen molar-refractivity contribution in [1.82, 2.24) is 9.99 Å². The summed E-state index contributed by atoms with van der Waals surface area (Å²) in [5, 5.41) is 6.34. The molecule has 32 heavy (non-hydrogen) atoms. The predicted molar refractivity (Wildman–Crippen MR) is 133 cm³/mol. The summed E-state index contributed by atoms with van der Waals surface area (Å²) in [7, 11) is 0. The van der Waals surface area contributed by atoms with E-state index in [0.717, 1.165) is 33.2 Å². The highest BCUT2D eigenvalue weighted by atomic mass is 35.5. The Morgan fingerprint density at radius 3 is 2.62 bits per heavy atom. The van der Waals surface area contributed by atoms with Crippen LogP contribution in [0.5, 0.6) is 0 Å². The first-order chi connectivity index (χ1) is 15.4. The van der Waals surface area contributed by atoms with Crippen molar-refractivity contribution in [3.63, 3.8) is 0 Å². The summed E-state index contributed by atoms with van der Waals surface area (Å²) < 4.78 is 2.13. The van der Waals surface area contributed by atoms with Gasteiger partial charge in [0, 0.05) is 29.2 Å². The number of nitrogens with zero attached hydrogens (tertiary/aromatic N) is 2. The molecular formula is C26H23Cl2N3O. The third-order valence-corrected chi connectivity index (χ3v) is 6.14. The summed E-state index contributed by atoms with van der Waals surface area (Å²) in [4.78, 5) is 12.4. The number of aryl methyl sites for hydroxylation is 2. The Morgan fingerprint density at radius 2 is 1.84 bits per heavy atom. The molecule has 1 aromatic heterocycles. The Balaban J connectivity index is 1.51. The summed E-state index contributed by atoms with van der Waals surface area (Å²) >= 11 is 12.2. The van der Waals surface area contributed by atoms with E-state index in [4.69, 9.17) is 23.2 Å². The Labute approximate surface area is 197 Å². The molecule has 4 aromatic rings. The number of benzene rings is 3. The van der Waals surface area contributed by atoms with Crippen LogP contribution in [0.3, 0.4) is 0 Å². The number of para-hydroxylation sites is 1. The summed E-state index contributed by atoms with van der Waals surface area (Å²) in [6, 6.07) is 19.8. The van der Waals surface area contributed by atoms with Gasteiger partial charge in [0.1, 0.15) is 0 Å². The van der Waals surface area contributed by atoms with Crippen molar-refractivity contribution in [2.24, 2.45) is 5.10 Å². The van der Waals surface area contributed by atoms with Crippen molar-refractivity contribution >= 4 is 46.2 Å². The van der Waals surface area contributed by atoms with Crippen molar-refractivity contribution in [2.45, 2.75) is 26.8 Å². The van der Waals surface area contributed by atoms with Gasteiger partial charge >= 0.3 is 0 Å². The predicted octanol–water partition coefficient (Wildman–Crippen LogP) is 6.31. The van der Waals surface area contributed by atoms with E-state index in [-0.39, 0.29) is 5.91 Å². The van der Waals surface area contributed by atoms with Gasteiger partial charge in [-0.2, -0.15) is 5.10 Å². The van der Waals surface area contributed by atoms with Gasteiger partial charge in [0.2, 0.25) is 5.91 Å². The van der Waals surface area contributed by atoms with Crippen molar-refractivity contribution in [2.75, 3.05) is 0 Å². The average molecular weight is 464 g/mol. The number of hydrogen-bond donors (Lipinski definition) is 1. The zero-order valence-corrected chi connectivity index (χ0v) is 19.4. The van der Waals surface area contributed by atoms with Crippen molar-refractivity contribution in [3.8, 4) is 0 Å². The van der Waals surface area contributed by atoms with Crippen LogP contribution in [0.4, 0.5) is 0 Å². The number of carbonyl (C=O) groups is 1. The van der Waals surface area contributed by atoms with Crippen LogP contribution in [0.25, 0.3) is 10.9 Å². The Hall–Kier alpha value is -3.08. The molecule has 0 saturated carbocycles. The van der Waals surface area contributed by atoms with Crippen LogP contribution < -0.4 is 5.43 Å². The van der Waals surface area contributed by atoms with Crippen molar-refractivity contribution < 1.29 is 4.79 Å². The SMILES string of the molecule is Cc1ccc(CC(=O)N/N=C/c2cn(Cc3ccc(Cl)c(Cl)c3)c3ccccc23)c(C)c1. The molecule has 0 bridgehead atoms. The number of carbonyl (C=O) groups excluding carboxylic acids is 1. The third-order valence-electron chi connectivity index (χ3n) is 5.40. The van der Waals surface area contributed by atoms with E-state index in [9.17, 15) is 4.79 Å². The van der Waals surface area contributed by atoms with Gasteiger partial charge in [0.05, 0.1) is 22.7 Å². The molecule has 1 heterocycles. The third kappa shape index (κ3) is 5.04. The van der Waals surface area contributed by atoms with Gasteiger partial charge in [0.15, 0.2) is 0 Å². The molecule has 0 aliphatic heterocycles. The van der Waals surface area contributed by atoms with E-state index < -0.39 is 0 Å². The lowest BCUT2D eigenvalue weighted by Gasteiger charge is -2.06. The highest BCUT2D eigenvalue weighted by Crippen LogP contribution is 2.25. The molecule has 0 atom stereocenters. The van der Waals surface area contributed by atoms with Crippen LogP contribution in [0.2, 0.25) is 10.0 Å². The topological polar surface area (TPSA) is 46.4 Å². The monoisotopic (exact) mass is 463 g/mol. The average Bonchev–Trinajstić information content (AvgIpc) is 3.10. The van der Waals surface area contributed by atoms with Gasteiger partial charge in [-0.05, 0) is 48.7 Å². The van der Waals surface area contributed by atoms with Gasteiger partial charge < -0.3 is 4.57 Å². The molecule has 0 radical (unpaired) electrons. The number of nitrogens with one attached hydrogen (secondary N) is 1. The highest BCUT2D eigenvalue weighted by molar-refractivity contribution is 6.42. The molecule has 3 aromatic carbocycles. The zero-order chi connectivity index (χ0) is 22.7. The number of hydrazone groups is 1. The molecule has 4 nitrogen and oxygen atoms in total. The summed E-state index contributed by atoms with van der Waals surface area (Å²) in [5.41, 5.74) is 8.98. The van der Waals surface area contributed by atoms with Crippen LogP contribution in [0, 0.1) is 13.8 Å². The second kappa shape index (κ2) is 9.60. The maximum absolute atomic E-state index is 12.4. The Bertz CT molecular complexity index is 1320. The lowest BCUT2D eigenvalue weighted by molar-refractivity contribution is -0.120. The van der Waals surface area contributed by atoms with Gasteiger partial charge in [-0.3, -0.25) is 4.79 Å². The second-order valence-electron chi connectivity index (χ2n) is 7.88. The highest BCUT2D eigenvalue weighted by Gasteiger charge is 2.09. The van der Waals surface area contributed by atoms with E-state index in [1.165, 1.54) is 5.56 Å². The molecule has 0 unspecified atom stereocenters. The molecule has 162 valence electrons. The smallest absolute Gasteiger partial charge is 0.244 e. The molecule has 1 amide bonds. The minimum atomic E-state index is -0.146. The minimum Gasteiger partial charge on any atom is -0.342 e. The van der Waals surface area contributed by atoms with Gasteiger partial charge in [-0.15, -0.1) is 0 Å². The van der Waals surface area contributed by atoms with Crippen molar-refractivity contribution in [1.29, 1.82) is 0 Å². The molecule has 0 saturated heterocycles. The van der Waals surface area contributed by atoms with E-state index >= 15 is 0 Å². The number of fused-ring (bicyclic) bond motifs is 1. The van der Waals surface area contributed by atoms with Crippen LogP contribution >= 0.6 is 23.2 Å². The maximum atomic E-state index is 12.4. The number of amides is 1. The molecule has 0 aliphatic carbocycles. The Kier molecular flexibility index (Phi) is 6.63. The standard InChI is InChI=1S/C26H23Cl2N3O/c1-17-7-9-20(18(2)11-17)13-26(32)30-29-14-21-16-31(25-6-4-3-5-22(21)25)15-19-8-10-23(27)24(28)12-19/h3-12,14,16H,13,15H2,1-2H3,(H,30,32)/b29-14+. The van der Waals surface area contributed by atoms with E-state index in [1.807, 2.05) is 62.5 Å². The van der Waals surface area contributed by atoms with Crippen LogP contribution in [-0.4, -0.2) is 16.7 Å². The quantitative estimate of drug-likeness (QED) is 0.264. The number of rotatable bonds is 6. The van der Waals surface area contributed by atoms with E-state index in [1.54, 1.807) is 12.3 Å². The van der Waals surface area contributed by atoms with Crippen LogP contribution in [0.15, 0.2) is 72.0 Å². The van der Waals surface area contributed by atoms with Gasteiger partial charge in [0.25, 0.3) is 0 Å². The fourth-order valence-electron chi connectivity index (χ4n) is 3.77. The summed E-state index contributed by atoms with van der Waals surface area (Å²) in [6.45, 7) is 4.70. The lowest BCUT2D eigenvalue weighted by atomic mass is 10.0. The number of hydrogen-bond acceptors (Lipinski definition) is 2.